The van der Waals surface area contributed by atoms with Gasteiger partial charge in [-0.2, -0.15) is 11.3 Å². The van der Waals surface area contributed by atoms with Crippen LogP contribution in [0.2, 0.25) is 0 Å². The standard InChI is InChI=1S/C17H21NO2S/c1-13-3-5-16(20-2)15(11-13)7-9-18-17(19)6-4-14-8-10-21-12-14/h3,5,8,10-12H,4,6-7,9H2,1-2H3,(H,18,19). The Bertz CT molecular complexity index is 578. The number of nitrogens with one attached hydrogen (secondary N) is 1. The van der Waals surface area contributed by atoms with Crippen LogP contribution in [0.5, 0.6) is 5.75 Å². The molecule has 1 aromatic carbocycles. The van der Waals surface area contributed by atoms with E-state index >= 15 is 0 Å². The fraction of sp³-hybridized carbons (Fsp3) is 0.353. The molecule has 1 heterocycles. The molecule has 0 aliphatic carbocycles. The van der Waals surface area contributed by atoms with Crippen LogP contribution in [0.4, 0.5) is 0 Å². The Morgan fingerprint density at radius 2 is 2.14 bits per heavy atom. The normalized spacial score (nSPS) is 10.4. The van der Waals surface area contributed by atoms with Crippen LogP contribution >= 0.6 is 11.3 Å². The van der Waals surface area contributed by atoms with Gasteiger partial charge in [0.2, 0.25) is 5.91 Å². The van der Waals surface area contributed by atoms with E-state index in [-0.39, 0.29) is 5.91 Å². The van der Waals surface area contributed by atoms with E-state index in [1.54, 1.807) is 18.4 Å². The molecule has 0 radical (unpaired) electrons. The molecule has 0 saturated heterocycles. The van der Waals surface area contributed by atoms with E-state index in [9.17, 15) is 4.79 Å². The summed E-state index contributed by atoms with van der Waals surface area (Å²) in [6.07, 6.45) is 2.14. The molecule has 0 aliphatic rings. The molecule has 3 nitrogen and oxygen atoms in total. The molecule has 0 fully saturated rings. The van der Waals surface area contributed by atoms with Crippen LogP contribution in [-0.4, -0.2) is 19.6 Å². The summed E-state index contributed by atoms with van der Waals surface area (Å²) in [6, 6.07) is 8.18. The highest BCUT2D eigenvalue weighted by Crippen LogP contribution is 2.19. The highest BCUT2D eigenvalue weighted by Gasteiger charge is 2.05. The van der Waals surface area contributed by atoms with E-state index in [2.05, 4.69) is 29.8 Å². The maximum absolute atomic E-state index is 11.8. The van der Waals surface area contributed by atoms with Gasteiger partial charge in [0.1, 0.15) is 5.75 Å². The number of hydrogen-bond acceptors (Lipinski definition) is 3. The Morgan fingerprint density at radius 3 is 2.86 bits per heavy atom. The van der Waals surface area contributed by atoms with Crippen molar-refractivity contribution in [3.63, 3.8) is 0 Å². The van der Waals surface area contributed by atoms with Crippen molar-refractivity contribution in [3.8, 4) is 5.75 Å². The molecule has 0 spiro atoms. The largest absolute Gasteiger partial charge is 0.496 e. The quantitative estimate of drug-likeness (QED) is 0.852. The number of hydrogen-bond donors (Lipinski definition) is 1. The number of amides is 1. The molecular weight excluding hydrogens is 282 g/mol. The van der Waals surface area contributed by atoms with Crippen LogP contribution < -0.4 is 10.1 Å². The van der Waals surface area contributed by atoms with Crippen molar-refractivity contribution < 1.29 is 9.53 Å². The van der Waals surface area contributed by atoms with E-state index in [1.807, 2.05) is 17.5 Å². The van der Waals surface area contributed by atoms with Crippen molar-refractivity contribution >= 4 is 17.2 Å². The molecule has 2 aromatic rings. The predicted molar refractivity (Wildman–Crippen MR) is 87.1 cm³/mol. The summed E-state index contributed by atoms with van der Waals surface area (Å²) in [6.45, 7) is 2.70. The van der Waals surface area contributed by atoms with E-state index in [4.69, 9.17) is 4.74 Å². The number of ether oxygens (including phenoxy) is 1. The van der Waals surface area contributed by atoms with E-state index in [0.717, 1.165) is 24.2 Å². The Kier molecular flexibility index (Phi) is 5.81. The van der Waals surface area contributed by atoms with Gasteiger partial charge in [-0.05, 0) is 53.8 Å². The highest BCUT2D eigenvalue weighted by atomic mass is 32.1. The number of carbonyl (C=O) groups excluding carboxylic acids is 1. The summed E-state index contributed by atoms with van der Waals surface area (Å²) in [5.41, 5.74) is 3.57. The second-order valence-corrected chi connectivity index (χ2v) is 5.83. The van der Waals surface area contributed by atoms with Crippen molar-refractivity contribution in [1.82, 2.24) is 5.32 Å². The van der Waals surface area contributed by atoms with Gasteiger partial charge in [0.25, 0.3) is 0 Å². The lowest BCUT2D eigenvalue weighted by molar-refractivity contribution is -0.121. The molecule has 21 heavy (non-hydrogen) atoms. The number of thiophene rings is 1. The second-order valence-electron chi connectivity index (χ2n) is 5.05. The molecule has 1 N–H and O–H groups in total. The summed E-state index contributed by atoms with van der Waals surface area (Å²) in [5, 5.41) is 7.10. The van der Waals surface area contributed by atoms with Gasteiger partial charge in [-0.3, -0.25) is 4.79 Å². The Morgan fingerprint density at radius 1 is 1.29 bits per heavy atom. The molecule has 1 amide bonds. The van der Waals surface area contributed by atoms with Gasteiger partial charge in [0, 0.05) is 13.0 Å². The topological polar surface area (TPSA) is 38.3 Å². The maximum atomic E-state index is 11.8. The van der Waals surface area contributed by atoms with Gasteiger partial charge in [-0.15, -0.1) is 0 Å². The van der Waals surface area contributed by atoms with Crippen molar-refractivity contribution in [2.75, 3.05) is 13.7 Å². The minimum Gasteiger partial charge on any atom is -0.496 e. The van der Waals surface area contributed by atoms with Gasteiger partial charge in [-0.1, -0.05) is 17.7 Å². The molecule has 2 rings (SSSR count). The van der Waals surface area contributed by atoms with Gasteiger partial charge in [0.15, 0.2) is 0 Å². The third-order valence-electron chi connectivity index (χ3n) is 3.37. The van der Waals surface area contributed by atoms with Crippen molar-refractivity contribution in [3.05, 3.63) is 51.7 Å². The van der Waals surface area contributed by atoms with Gasteiger partial charge in [0.05, 0.1) is 7.11 Å². The van der Waals surface area contributed by atoms with Crippen molar-refractivity contribution in [2.45, 2.75) is 26.2 Å². The molecule has 1 aromatic heterocycles. The zero-order valence-electron chi connectivity index (χ0n) is 12.5. The lowest BCUT2D eigenvalue weighted by atomic mass is 10.1. The van der Waals surface area contributed by atoms with Crippen LogP contribution in [-0.2, 0) is 17.6 Å². The average Bonchev–Trinajstić information content (AvgIpc) is 2.99. The maximum Gasteiger partial charge on any atom is 0.220 e. The summed E-state index contributed by atoms with van der Waals surface area (Å²) in [4.78, 5) is 11.8. The number of carbonyl (C=O) groups is 1. The van der Waals surface area contributed by atoms with Gasteiger partial charge < -0.3 is 10.1 Å². The van der Waals surface area contributed by atoms with Crippen LogP contribution in [0.15, 0.2) is 35.0 Å². The Hall–Kier alpha value is -1.81. The minimum atomic E-state index is 0.104. The monoisotopic (exact) mass is 303 g/mol. The third-order valence-corrected chi connectivity index (χ3v) is 4.11. The van der Waals surface area contributed by atoms with E-state index < -0.39 is 0 Å². The SMILES string of the molecule is COc1ccc(C)cc1CCNC(=O)CCc1ccsc1. The van der Waals surface area contributed by atoms with Crippen molar-refractivity contribution in [2.24, 2.45) is 0 Å². The van der Waals surface area contributed by atoms with Crippen LogP contribution in [0.25, 0.3) is 0 Å². The smallest absolute Gasteiger partial charge is 0.220 e. The Labute approximate surface area is 130 Å². The lowest BCUT2D eigenvalue weighted by Gasteiger charge is -2.10. The molecular formula is C17H21NO2S. The number of methoxy groups -OCH3 is 1. The fourth-order valence-corrected chi connectivity index (χ4v) is 2.92. The zero-order valence-corrected chi connectivity index (χ0v) is 13.3. The molecule has 0 saturated carbocycles. The fourth-order valence-electron chi connectivity index (χ4n) is 2.22. The number of benzene rings is 1. The van der Waals surface area contributed by atoms with Crippen LogP contribution in [0.1, 0.15) is 23.1 Å². The summed E-state index contributed by atoms with van der Waals surface area (Å²) >= 11 is 1.67. The predicted octanol–water partition coefficient (Wildman–Crippen LogP) is 3.36. The molecule has 0 atom stereocenters. The van der Waals surface area contributed by atoms with Crippen molar-refractivity contribution in [1.29, 1.82) is 0 Å². The lowest BCUT2D eigenvalue weighted by Crippen LogP contribution is -2.25. The van der Waals surface area contributed by atoms with E-state index in [0.29, 0.717) is 13.0 Å². The first-order chi connectivity index (χ1) is 10.2. The Balaban J connectivity index is 1.76. The zero-order chi connectivity index (χ0) is 15.1. The third kappa shape index (κ3) is 4.90. The summed E-state index contributed by atoms with van der Waals surface area (Å²) in [5.74, 6) is 0.987. The van der Waals surface area contributed by atoms with Crippen LogP contribution in [0.3, 0.4) is 0 Å². The molecule has 0 aliphatic heterocycles. The molecule has 0 bridgehead atoms. The molecule has 112 valence electrons. The van der Waals surface area contributed by atoms with Gasteiger partial charge in [-0.25, -0.2) is 0 Å². The number of rotatable bonds is 7. The number of aryl methyl sites for hydroxylation is 2. The first kappa shape index (κ1) is 15.6. The second kappa shape index (κ2) is 7.84. The van der Waals surface area contributed by atoms with Gasteiger partial charge >= 0.3 is 0 Å². The highest BCUT2D eigenvalue weighted by molar-refractivity contribution is 7.07. The first-order valence-electron chi connectivity index (χ1n) is 7.10. The molecule has 0 unspecified atom stereocenters. The van der Waals surface area contributed by atoms with Crippen LogP contribution in [0, 0.1) is 6.92 Å². The van der Waals surface area contributed by atoms with E-state index in [1.165, 1.54) is 11.1 Å². The minimum absolute atomic E-state index is 0.104. The summed E-state index contributed by atoms with van der Waals surface area (Å²) in [7, 11) is 1.67. The summed E-state index contributed by atoms with van der Waals surface area (Å²) < 4.78 is 5.34. The molecule has 4 heteroatoms. The average molecular weight is 303 g/mol. The first-order valence-corrected chi connectivity index (χ1v) is 8.04.